The predicted molar refractivity (Wildman–Crippen MR) is 108 cm³/mol. The number of hydrogen-bond acceptors (Lipinski definition) is 5. The van der Waals surface area contributed by atoms with Gasteiger partial charge in [0.15, 0.2) is 12.3 Å². The summed E-state index contributed by atoms with van der Waals surface area (Å²) >= 11 is 6.83. The predicted octanol–water partition coefficient (Wildman–Crippen LogP) is 5.59. The molecular weight excluding hydrogens is 441 g/mol. The molecule has 0 bridgehead atoms. The fraction of sp³-hybridized carbons (Fsp3) is 0.150. The number of benzene rings is 2. The van der Waals surface area contributed by atoms with E-state index in [1.807, 2.05) is 31.2 Å². The Morgan fingerprint density at radius 3 is 2.53 bits per heavy atom. The van der Waals surface area contributed by atoms with Gasteiger partial charge in [0.05, 0.1) is 11.3 Å². The van der Waals surface area contributed by atoms with Gasteiger partial charge in [-0.1, -0.05) is 41.4 Å². The highest BCUT2D eigenvalue weighted by Crippen LogP contribution is 2.36. The van der Waals surface area contributed by atoms with Crippen LogP contribution in [0.1, 0.15) is 21.6 Å². The molecule has 0 aliphatic carbocycles. The van der Waals surface area contributed by atoms with Gasteiger partial charge in [0.25, 0.3) is 5.91 Å². The molecule has 2 aromatic carbocycles. The number of carbonyl (C=O) groups is 2. The fourth-order valence-corrected chi connectivity index (χ4v) is 3.42. The van der Waals surface area contributed by atoms with Gasteiger partial charge in [0.1, 0.15) is 5.01 Å². The van der Waals surface area contributed by atoms with Gasteiger partial charge in [0.2, 0.25) is 0 Å². The fourth-order valence-electron chi connectivity index (χ4n) is 2.45. The van der Waals surface area contributed by atoms with Crippen LogP contribution >= 0.6 is 22.9 Å². The first-order valence-corrected chi connectivity index (χ1v) is 9.75. The molecule has 3 rings (SSSR count). The Morgan fingerprint density at radius 2 is 1.87 bits per heavy atom. The van der Waals surface area contributed by atoms with Crippen LogP contribution in [0.2, 0.25) is 5.02 Å². The van der Waals surface area contributed by atoms with Crippen molar-refractivity contribution in [3.63, 3.8) is 0 Å². The minimum Gasteiger partial charge on any atom is -0.451 e. The molecule has 3 aromatic rings. The first-order valence-electron chi connectivity index (χ1n) is 8.50. The number of hydrogen-bond donors (Lipinski definition) is 1. The Kier molecular flexibility index (Phi) is 6.42. The lowest BCUT2D eigenvalue weighted by atomic mass is 10.1. The highest BCUT2D eigenvalue weighted by Gasteiger charge is 2.34. The van der Waals surface area contributed by atoms with E-state index in [9.17, 15) is 22.8 Å². The van der Waals surface area contributed by atoms with Gasteiger partial charge in [0, 0.05) is 16.0 Å². The number of ether oxygens (including phenoxy) is 1. The Labute approximate surface area is 178 Å². The van der Waals surface area contributed by atoms with Crippen LogP contribution in [0, 0.1) is 6.92 Å². The maximum absolute atomic E-state index is 13.1. The number of thiazole rings is 1. The van der Waals surface area contributed by atoms with E-state index in [0.717, 1.165) is 17.2 Å². The van der Waals surface area contributed by atoms with Crippen molar-refractivity contribution in [2.24, 2.45) is 0 Å². The maximum Gasteiger partial charge on any atom is 0.418 e. The van der Waals surface area contributed by atoms with Crippen LogP contribution in [-0.2, 0) is 15.7 Å². The van der Waals surface area contributed by atoms with Crippen LogP contribution in [0.25, 0.3) is 10.6 Å². The molecule has 0 aliphatic heterocycles. The molecular formula is C20H14ClF3N2O3S. The van der Waals surface area contributed by atoms with E-state index in [0.29, 0.717) is 11.1 Å². The lowest BCUT2D eigenvalue weighted by Gasteiger charge is -2.14. The maximum atomic E-state index is 13.1. The van der Waals surface area contributed by atoms with Crippen molar-refractivity contribution in [3.05, 3.63) is 69.7 Å². The van der Waals surface area contributed by atoms with Crippen molar-refractivity contribution in [1.82, 2.24) is 4.98 Å². The zero-order valence-corrected chi connectivity index (χ0v) is 17.0. The van der Waals surface area contributed by atoms with Gasteiger partial charge in [-0.3, -0.25) is 4.79 Å². The van der Waals surface area contributed by atoms with Crippen molar-refractivity contribution in [2.45, 2.75) is 13.1 Å². The molecule has 0 radical (unpaired) electrons. The number of aromatic nitrogens is 1. The summed E-state index contributed by atoms with van der Waals surface area (Å²) in [5.74, 6) is -1.78. The van der Waals surface area contributed by atoms with E-state index in [-0.39, 0.29) is 10.7 Å². The highest BCUT2D eigenvalue weighted by molar-refractivity contribution is 7.13. The molecule has 0 atom stereocenters. The third-order valence-electron chi connectivity index (χ3n) is 3.91. The third-order valence-corrected chi connectivity index (χ3v) is 5.03. The molecule has 0 saturated carbocycles. The second-order valence-corrected chi connectivity index (χ2v) is 7.51. The van der Waals surface area contributed by atoms with Crippen molar-refractivity contribution in [3.8, 4) is 10.6 Å². The monoisotopic (exact) mass is 454 g/mol. The van der Waals surface area contributed by atoms with E-state index < -0.39 is 35.9 Å². The van der Waals surface area contributed by atoms with Gasteiger partial charge >= 0.3 is 12.1 Å². The minimum absolute atomic E-state index is 0.00542. The number of aryl methyl sites for hydroxylation is 1. The van der Waals surface area contributed by atoms with E-state index in [2.05, 4.69) is 10.3 Å². The Morgan fingerprint density at radius 1 is 1.17 bits per heavy atom. The first kappa shape index (κ1) is 21.8. The van der Waals surface area contributed by atoms with Gasteiger partial charge in [-0.05, 0) is 25.1 Å². The summed E-state index contributed by atoms with van der Waals surface area (Å²) in [6, 6.07) is 10.5. The van der Waals surface area contributed by atoms with Gasteiger partial charge < -0.3 is 10.1 Å². The number of carbonyl (C=O) groups excluding carboxylic acids is 2. The summed E-state index contributed by atoms with van der Waals surface area (Å²) in [6.45, 7) is 1.18. The zero-order chi connectivity index (χ0) is 21.9. The summed E-state index contributed by atoms with van der Waals surface area (Å²) in [7, 11) is 0. The molecule has 1 amide bonds. The van der Waals surface area contributed by atoms with Gasteiger partial charge in [-0.25, -0.2) is 9.78 Å². The number of nitrogens with one attached hydrogen (secondary N) is 1. The Balaban J connectivity index is 1.62. The van der Waals surface area contributed by atoms with Crippen LogP contribution < -0.4 is 5.32 Å². The molecule has 0 unspecified atom stereocenters. The lowest BCUT2D eigenvalue weighted by Crippen LogP contribution is -2.23. The van der Waals surface area contributed by atoms with Crippen LogP contribution in [0.5, 0.6) is 0 Å². The van der Waals surface area contributed by atoms with E-state index in [1.54, 1.807) is 0 Å². The molecule has 1 N–H and O–H groups in total. The molecule has 1 aromatic heterocycles. The average molecular weight is 455 g/mol. The van der Waals surface area contributed by atoms with E-state index in [1.165, 1.54) is 22.8 Å². The SMILES string of the molecule is Cc1ccc(-c2nc(C(=O)OCC(=O)Nc3ccc(Cl)cc3C(F)(F)F)cs2)cc1. The molecule has 0 saturated heterocycles. The summed E-state index contributed by atoms with van der Waals surface area (Å²) < 4.78 is 44.1. The minimum atomic E-state index is -4.71. The van der Waals surface area contributed by atoms with Crippen LogP contribution in [-0.4, -0.2) is 23.5 Å². The quantitative estimate of drug-likeness (QED) is 0.510. The Bertz CT molecular complexity index is 1080. The highest BCUT2D eigenvalue weighted by atomic mass is 35.5. The summed E-state index contributed by atoms with van der Waals surface area (Å²) in [5.41, 5.74) is 0.325. The van der Waals surface area contributed by atoms with Crippen molar-refractivity contribution < 1.29 is 27.5 Å². The second kappa shape index (κ2) is 8.85. The smallest absolute Gasteiger partial charge is 0.418 e. The average Bonchev–Trinajstić information content (AvgIpc) is 3.17. The number of nitrogens with zero attached hydrogens (tertiary/aromatic N) is 1. The van der Waals surface area contributed by atoms with Crippen molar-refractivity contribution in [2.75, 3.05) is 11.9 Å². The van der Waals surface area contributed by atoms with E-state index >= 15 is 0 Å². The Hall–Kier alpha value is -2.91. The largest absolute Gasteiger partial charge is 0.451 e. The molecule has 0 spiro atoms. The standard InChI is InChI=1S/C20H14ClF3N2O3S/c1-11-2-4-12(5-3-11)18-26-16(10-30-18)19(28)29-9-17(27)25-15-7-6-13(21)8-14(15)20(22,23)24/h2-8,10H,9H2,1H3,(H,25,27). The summed E-state index contributed by atoms with van der Waals surface area (Å²) in [4.78, 5) is 28.3. The number of rotatable bonds is 5. The zero-order valence-electron chi connectivity index (χ0n) is 15.4. The molecule has 5 nitrogen and oxygen atoms in total. The molecule has 0 fully saturated rings. The number of alkyl halides is 3. The van der Waals surface area contributed by atoms with Crippen LogP contribution in [0.4, 0.5) is 18.9 Å². The van der Waals surface area contributed by atoms with Gasteiger partial charge in [-0.15, -0.1) is 11.3 Å². The molecule has 1 heterocycles. The second-order valence-electron chi connectivity index (χ2n) is 6.22. The summed E-state index contributed by atoms with van der Waals surface area (Å²) in [5, 5.41) is 4.03. The number of halogens is 4. The van der Waals surface area contributed by atoms with Crippen LogP contribution in [0.15, 0.2) is 47.8 Å². The summed E-state index contributed by atoms with van der Waals surface area (Å²) in [6.07, 6.45) is -4.71. The number of esters is 1. The van der Waals surface area contributed by atoms with E-state index in [4.69, 9.17) is 16.3 Å². The normalized spacial score (nSPS) is 11.2. The van der Waals surface area contributed by atoms with Crippen LogP contribution in [0.3, 0.4) is 0 Å². The third kappa shape index (κ3) is 5.37. The lowest BCUT2D eigenvalue weighted by molar-refractivity contribution is -0.137. The molecule has 10 heteroatoms. The first-order chi connectivity index (χ1) is 14.1. The number of anilines is 1. The topological polar surface area (TPSA) is 68.3 Å². The van der Waals surface area contributed by atoms with Gasteiger partial charge in [-0.2, -0.15) is 13.2 Å². The molecule has 156 valence electrons. The van der Waals surface area contributed by atoms with Crippen molar-refractivity contribution in [1.29, 1.82) is 0 Å². The molecule has 0 aliphatic rings. The number of amides is 1. The van der Waals surface area contributed by atoms with Crippen molar-refractivity contribution >= 4 is 40.5 Å². The molecule has 30 heavy (non-hydrogen) atoms.